The van der Waals surface area contributed by atoms with Gasteiger partial charge < -0.3 is 4.90 Å². The number of hydrogen-bond donors (Lipinski definition) is 0. The monoisotopic (exact) mass is 398 g/mol. The second-order valence-electron chi connectivity index (χ2n) is 7.87. The van der Waals surface area contributed by atoms with Gasteiger partial charge in [0.05, 0.1) is 10.6 Å². The van der Waals surface area contributed by atoms with Crippen LogP contribution < -0.4 is 4.31 Å². The molecule has 0 aromatic heterocycles. The van der Waals surface area contributed by atoms with Gasteiger partial charge in [-0.15, -0.1) is 0 Å². The minimum atomic E-state index is -3.72. The molecule has 2 aromatic carbocycles. The molecule has 0 atom stereocenters. The third kappa shape index (κ3) is 3.41. The van der Waals surface area contributed by atoms with Gasteiger partial charge in [0.1, 0.15) is 0 Å². The summed E-state index contributed by atoms with van der Waals surface area (Å²) < 4.78 is 28.2. The Morgan fingerprint density at radius 2 is 1.86 bits per heavy atom. The van der Waals surface area contributed by atoms with Crippen LogP contribution in [-0.4, -0.2) is 37.9 Å². The second-order valence-corrected chi connectivity index (χ2v) is 9.74. The first kappa shape index (κ1) is 19.0. The van der Waals surface area contributed by atoms with Gasteiger partial charge >= 0.3 is 0 Å². The molecule has 1 heterocycles. The zero-order chi connectivity index (χ0) is 19.9. The van der Waals surface area contributed by atoms with Crippen LogP contribution in [0.5, 0.6) is 0 Å². The fourth-order valence-corrected chi connectivity index (χ4v) is 5.58. The predicted molar refractivity (Wildman–Crippen MR) is 110 cm³/mol. The Morgan fingerprint density at radius 3 is 2.57 bits per heavy atom. The summed E-state index contributed by atoms with van der Waals surface area (Å²) in [5.74, 6) is -0.0893. The molecule has 2 aliphatic rings. The van der Waals surface area contributed by atoms with Crippen LogP contribution in [0, 0.1) is 0 Å². The van der Waals surface area contributed by atoms with Gasteiger partial charge in [-0.2, -0.15) is 0 Å². The van der Waals surface area contributed by atoms with Crippen LogP contribution in [0.15, 0.2) is 53.4 Å². The van der Waals surface area contributed by atoms with E-state index in [1.807, 2.05) is 43.0 Å². The molecular weight excluding hydrogens is 372 g/mol. The maximum absolute atomic E-state index is 13.4. The molecule has 148 valence electrons. The highest BCUT2D eigenvalue weighted by Gasteiger charge is 2.35. The molecular formula is C22H26N2O3S. The fraction of sp³-hybridized carbons (Fsp3) is 0.409. The van der Waals surface area contributed by atoms with Crippen molar-refractivity contribution in [1.29, 1.82) is 0 Å². The van der Waals surface area contributed by atoms with Crippen molar-refractivity contribution < 1.29 is 13.2 Å². The van der Waals surface area contributed by atoms with Crippen LogP contribution in [0.25, 0.3) is 0 Å². The quantitative estimate of drug-likeness (QED) is 0.769. The highest BCUT2D eigenvalue weighted by atomic mass is 32.2. The zero-order valence-electron chi connectivity index (χ0n) is 16.3. The van der Waals surface area contributed by atoms with Crippen LogP contribution in [-0.2, 0) is 16.4 Å². The number of rotatable bonds is 5. The Balaban J connectivity index is 1.69. The number of anilines is 1. The topological polar surface area (TPSA) is 57.7 Å². The molecule has 0 radical (unpaired) electrons. The van der Waals surface area contributed by atoms with E-state index in [1.54, 1.807) is 18.2 Å². The van der Waals surface area contributed by atoms with Crippen LogP contribution >= 0.6 is 0 Å². The molecule has 1 aliphatic carbocycles. The van der Waals surface area contributed by atoms with Crippen molar-refractivity contribution in [3.8, 4) is 0 Å². The van der Waals surface area contributed by atoms with Gasteiger partial charge in [-0.1, -0.05) is 24.3 Å². The van der Waals surface area contributed by atoms with E-state index in [4.69, 9.17) is 0 Å². The van der Waals surface area contributed by atoms with Crippen LogP contribution in [0.2, 0.25) is 0 Å². The van der Waals surface area contributed by atoms with E-state index in [1.165, 1.54) is 10.4 Å². The van der Waals surface area contributed by atoms with Gasteiger partial charge in [0.25, 0.3) is 15.9 Å². The molecule has 0 bridgehead atoms. The summed E-state index contributed by atoms with van der Waals surface area (Å²) in [5, 5.41) is 0. The molecule has 4 rings (SSSR count). The van der Waals surface area contributed by atoms with E-state index in [2.05, 4.69) is 0 Å². The first-order chi connectivity index (χ1) is 13.4. The smallest absolute Gasteiger partial charge is 0.264 e. The number of hydrogen-bond acceptors (Lipinski definition) is 3. The average Bonchev–Trinajstić information content (AvgIpc) is 3.52. The molecule has 0 unspecified atom stereocenters. The lowest BCUT2D eigenvalue weighted by molar-refractivity contribution is 0.0690. The second kappa shape index (κ2) is 7.24. The Bertz CT molecular complexity index is 994. The molecule has 0 saturated heterocycles. The minimum Gasteiger partial charge on any atom is -0.333 e. The summed E-state index contributed by atoms with van der Waals surface area (Å²) in [5.41, 5.74) is 2.23. The summed E-state index contributed by atoms with van der Waals surface area (Å²) in [6, 6.07) is 14.5. The molecule has 6 heteroatoms. The number of para-hydroxylation sites is 1. The van der Waals surface area contributed by atoms with Crippen molar-refractivity contribution in [3.05, 3.63) is 59.7 Å². The van der Waals surface area contributed by atoms with E-state index in [0.717, 1.165) is 36.9 Å². The Labute approximate surface area is 167 Å². The number of carbonyl (C=O) groups is 1. The largest absolute Gasteiger partial charge is 0.333 e. The van der Waals surface area contributed by atoms with Crippen molar-refractivity contribution in [2.75, 3.05) is 10.8 Å². The molecule has 0 N–H and O–H groups in total. The van der Waals surface area contributed by atoms with Gasteiger partial charge in [0.2, 0.25) is 0 Å². The maximum Gasteiger partial charge on any atom is 0.264 e. The van der Waals surface area contributed by atoms with Gasteiger partial charge in [-0.3, -0.25) is 9.10 Å². The lowest BCUT2D eigenvalue weighted by Crippen LogP contribution is -2.39. The summed E-state index contributed by atoms with van der Waals surface area (Å²) in [6.07, 6.45) is 3.71. The molecule has 1 aliphatic heterocycles. The molecule has 2 aromatic rings. The normalized spacial score (nSPS) is 16.8. The molecule has 5 nitrogen and oxygen atoms in total. The van der Waals surface area contributed by atoms with Crippen molar-refractivity contribution in [1.82, 2.24) is 4.90 Å². The Morgan fingerprint density at radius 1 is 1.11 bits per heavy atom. The standard InChI is InChI=1S/C22H26N2O3S/c1-16(2)24(19-12-13-19)22(25)18-8-5-10-20(15-18)28(26,27)23-14-6-9-17-7-3-4-11-21(17)23/h3-5,7-8,10-11,15-16,19H,6,9,12-14H2,1-2H3. The van der Waals surface area contributed by atoms with Crippen molar-refractivity contribution >= 4 is 21.6 Å². The highest BCUT2D eigenvalue weighted by molar-refractivity contribution is 7.92. The van der Waals surface area contributed by atoms with Crippen molar-refractivity contribution in [2.45, 2.75) is 56.5 Å². The summed E-state index contributed by atoms with van der Waals surface area (Å²) >= 11 is 0. The first-order valence-corrected chi connectivity index (χ1v) is 11.4. The molecule has 0 spiro atoms. The fourth-order valence-electron chi connectivity index (χ4n) is 3.99. The van der Waals surface area contributed by atoms with Gasteiger partial charge in [-0.25, -0.2) is 8.42 Å². The lowest BCUT2D eigenvalue weighted by atomic mass is 10.0. The molecule has 1 fully saturated rings. The van der Waals surface area contributed by atoms with Gasteiger partial charge in [0.15, 0.2) is 0 Å². The van der Waals surface area contributed by atoms with Crippen molar-refractivity contribution in [2.24, 2.45) is 0 Å². The van der Waals surface area contributed by atoms with E-state index in [-0.39, 0.29) is 22.9 Å². The van der Waals surface area contributed by atoms with E-state index < -0.39 is 10.0 Å². The third-order valence-corrected chi connectivity index (χ3v) is 7.28. The number of carbonyl (C=O) groups excluding carboxylic acids is 1. The summed E-state index contributed by atoms with van der Waals surface area (Å²) in [7, 11) is -3.72. The number of benzene rings is 2. The number of fused-ring (bicyclic) bond motifs is 1. The lowest BCUT2D eigenvalue weighted by Gasteiger charge is -2.31. The Hall–Kier alpha value is -2.34. The molecule has 1 amide bonds. The highest BCUT2D eigenvalue weighted by Crippen LogP contribution is 2.33. The predicted octanol–water partition coefficient (Wildman–Crippen LogP) is 3.84. The summed E-state index contributed by atoms with van der Waals surface area (Å²) in [6.45, 7) is 4.46. The van der Waals surface area contributed by atoms with Crippen molar-refractivity contribution in [3.63, 3.8) is 0 Å². The Kier molecular flexibility index (Phi) is 4.91. The molecule has 1 saturated carbocycles. The van der Waals surface area contributed by atoms with E-state index in [9.17, 15) is 13.2 Å². The average molecular weight is 399 g/mol. The van der Waals surface area contributed by atoms with Crippen LogP contribution in [0.3, 0.4) is 0 Å². The molecule has 28 heavy (non-hydrogen) atoms. The first-order valence-electron chi connectivity index (χ1n) is 9.93. The minimum absolute atomic E-state index is 0.0893. The number of nitrogens with zero attached hydrogens (tertiary/aromatic N) is 2. The third-order valence-electron chi connectivity index (χ3n) is 5.47. The SMILES string of the molecule is CC(C)N(C(=O)c1cccc(S(=O)(=O)N2CCCc3ccccc32)c1)C1CC1. The number of sulfonamides is 1. The zero-order valence-corrected chi connectivity index (χ0v) is 17.2. The maximum atomic E-state index is 13.4. The van der Waals surface area contributed by atoms with Gasteiger partial charge in [0, 0.05) is 24.2 Å². The number of aryl methyl sites for hydroxylation is 1. The van der Waals surface area contributed by atoms with E-state index in [0.29, 0.717) is 12.1 Å². The summed E-state index contributed by atoms with van der Waals surface area (Å²) in [4.78, 5) is 15.1. The van der Waals surface area contributed by atoms with Crippen LogP contribution in [0.1, 0.15) is 49.0 Å². The van der Waals surface area contributed by atoms with Crippen LogP contribution in [0.4, 0.5) is 5.69 Å². The van der Waals surface area contributed by atoms with E-state index >= 15 is 0 Å². The van der Waals surface area contributed by atoms with Gasteiger partial charge in [-0.05, 0) is 69.4 Å². The number of amides is 1.